The first-order chi connectivity index (χ1) is 11.1. The topological polar surface area (TPSA) is 90.0 Å². The minimum atomic E-state index is -0.0558. The molecule has 3 aromatic rings. The molecule has 1 aliphatic heterocycles. The zero-order chi connectivity index (χ0) is 16.0. The van der Waals surface area contributed by atoms with Crippen LogP contribution in [0.1, 0.15) is 9.67 Å². The lowest BCUT2D eigenvalue weighted by Crippen LogP contribution is -2.25. The Labute approximate surface area is 135 Å². The number of aromatic amines is 1. The number of carbonyl (C=O) groups excluding carboxylic acids is 1. The summed E-state index contributed by atoms with van der Waals surface area (Å²) in [5.74, 6) is 1.05. The van der Waals surface area contributed by atoms with Crippen molar-refractivity contribution in [3.63, 3.8) is 0 Å². The van der Waals surface area contributed by atoms with Crippen LogP contribution in [-0.4, -0.2) is 40.2 Å². The highest BCUT2D eigenvalue weighted by Gasteiger charge is 2.30. The summed E-state index contributed by atoms with van der Waals surface area (Å²) in [5, 5.41) is 11.6. The zero-order valence-electron chi connectivity index (χ0n) is 12.4. The van der Waals surface area contributed by atoms with E-state index in [2.05, 4.69) is 25.5 Å². The van der Waals surface area contributed by atoms with Gasteiger partial charge < -0.3 is 15.1 Å². The Morgan fingerprint density at radius 2 is 2.09 bits per heavy atom. The first-order valence-corrected chi connectivity index (χ1v) is 7.75. The third-order valence-electron chi connectivity index (χ3n) is 3.69. The van der Waals surface area contributed by atoms with Crippen LogP contribution in [0.4, 0.5) is 28.8 Å². The number of anilines is 5. The van der Waals surface area contributed by atoms with Gasteiger partial charge in [0.25, 0.3) is 5.91 Å². The van der Waals surface area contributed by atoms with Gasteiger partial charge in [0, 0.05) is 20.3 Å². The highest BCUT2D eigenvalue weighted by Crippen LogP contribution is 2.40. The van der Waals surface area contributed by atoms with Gasteiger partial charge in [0.2, 0.25) is 5.95 Å². The summed E-state index contributed by atoms with van der Waals surface area (Å²) in [4.78, 5) is 25.6. The van der Waals surface area contributed by atoms with Crippen LogP contribution in [0.5, 0.6) is 0 Å². The number of aromatic nitrogens is 4. The molecule has 0 unspecified atom stereocenters. The van der Waals surface area contributed by atoms with E-state index in [0.29, 0.717) is 22.3 Å². The number of thiophene rings is 1. The summed E-state index contributed by atoms with van der Waals surface area (Å²) in [6.07, 6.45) is 5.01. The average molecular weight is 327 g/mol. The van der Waals surface area contributed by atoms with Crippen LogP contribution in [0.3, 0.4) is 0 Å². The zero-order valence-corrected chi connectivity index (χ0v) is 13.3. The maximum atomic E-state index is 12.6. The van der Waals surface area contributed by atoms with Crippen molar-refractivity contribution in [3.05, 3.63) is 34.9 Å². The van der Waals surface area contributed by atoms with Gasteiger partial charge in [-0.05, 0) is 11.4 Å². The third kappa shape index (κ3) is 2.13. The fourth-order valence-corrected chi connectivity index (χ4v) is 3.36. The number of rotatable bonds is 2. The summed E-state index contributed by atoms with van der Waals surface area (Å²) >= 11 is 1.42. The molecule has 23 heavy (non-hydrogen) atoms. The van der Waals surface area contributed by atoms with Crippen molar-refractivity contribution < 1.29 is 4.79 Å². The van der Waals surface area contributed by atoms with E-state index in [1.165, 1.54) is 11.3 Å². The van der Waals surface area contributed by atoms with Crippen molar-refractivity contribution in [3.8, 4) is 0 Å². The minimum absolute atomic E-state index is 0.0558. The lowest BCUT2D eigenvalue weighted by molar-refractivity contribution is 0.0998. The van der Waals surface area contributed by atoms with Crippen LogP contribution in [0.15, 0.2) is 30.0 Å². The molecule has 0 bridgehead atoms. The summed E-state index contributed by atoms with van der Waals surface area (Å²) < 4.78 is 0. The molecule has 0 fully saturated rings. The highest BCUT2D eigenvalue weighted by atomic mass is 32.1. The fourth-order valence-electron chi connectivity index (χ4n) is 2.46. The van der Waals surface area contributed by atoms with E-state index in [9.17, 15) is 4.79 Å². The number of H-pyrrole nitrogens is 1. The molecule has 0 saturated heterocycles. The van der Waals surface area contributed by atoms with E-state index in [1.807, 2.05) is 23.4 Å². The van der Waals surface area contributed by atoms with Gasteiger partial charge in [-0.3, -0.25) is 9.89 Å². The Hall–Kier alpha value is -2.94. The van der Waals surface area contributed by atoms with Crippen LogP contribution in [0.25, 0.3) is 0 Å². The average Bonchev–Trinajstić information content (AvgIpc) is 3.22. The lowest BCUT2D eigenvalue weighted by atomic mass is 10.3. The number of hydrogen-bond donors (Lipinski definition) is 2. The molecule has 116 valence electrons. The van der Waals surface area contributed by atoms with Gasteiger partial charge in [-0.2, -0.15) is 10.1 Å². The smallest absolute Gasteiger partial charge is 0.270 e. The van der Waals surface area contributed by atoms with Gasteiger partial charge in [0.15, 0.2) is 5.82 Å². The molecule has 4 heterocycles. The highest BCUT2D eigenvalue weighted by molar-refractivity contribution is 7.12. The van der Waals surface area contributed by atoms with Gasteiger partial charge >= 0.3 is 0 Å². The van der Waals surface area contributed by atoms with E-state index < -0.39 is 0 Å². The Morgan fingerprint density at radius 1 is 1.22 bits per heavy atom. The Balaban J connectivity index is 1.81. The molecule has 0 aromatic carbocycles. The molecule has 0 aliphatic carbocycles. The van der Waals surface area contributed by atoms with E-state index in [4.69, 9.17) is 0 Å². The number of amides is 1. The fraction of sp³-hybridized carbons (Fsp3) is 0.143. The molecule has 2 N–H and O–H groups in total. The van der Waals surface area contributed by atoms with E-state index in [0.717, 1.165) is 11.4 Å². The maximum absolute atomic E-state index is 12.6. The molecule has 1 amide bonds. The second kappa shape index (κ2) is 5.06. The predicted octanol–water partition coefficient (Wildman–Crippen LogP) is 2.36. The number of carbonyl (C=O) groups is 1. The molecule has 3 aromatic heterocycles. The first-order valence-electron chi connectivity index (χ1n) is 6.87. The summed E-state index contributed by atoms with van der Waals surface area (Å²) in [6.45, 7) is 0. The summed E-state index contributed by atoms with van der Waals surface area (Å²) in [6, 6.07) is 1.92. The molecule has 0 spiro atoms. The SMILES string of the molecule is CN1C(=O)c2sccc2N(C)c2nc(Nc3cn[nH]c3)ncc21. The molecule has 0 radical (unpaired) electrons. The molecule has 1 aliphatic rings. The largest absolute Gasteiger partial charge is 0.326 e. The van der Waals surface area contributed by atoms with Crippen molar-refractivity contribution in [2.24, 2.45) is 0 Å². The molecule has 4 rings (SSSR count). The molecular weight excluding hydrogens is 314 g/mol. The van der Waals surface area contributed by atoms with E-state index in [-0.39, 0.29) is 5.91 Å². The van der Waals surface area contributed by atoms with Crippen molar-refractivity contribution in [2.75, 3.05) is 29.2 Å². The number of hydrogen-bond acceptors (Lipinski definition) is 7. The standard InChI is InChI=1S/C14H13N7OS/c1-20-9-3-4-23-11(9)13(22)21(2)10-7-15-14(19-12(10)20)18-8-5-16-17-6-8/h3-7H,1-2H3,(H,16,17)(H,15,18,19). The lowest BCUT2D eigenvalue weighted by Gasteiger charge is -2.20. The quantitative estimate of drug-likeness (QED) is 0.751. The molecule has 0 atom stereocenters. The molecule has 8 nitrogen and oxygen atoms in total. The van der Waals surface area contributed by atoms with Crippen molar-refractivity contribution >= 4 is 46.1 Å². The second-order valence-corrected chi connectivity index (χ2v) is 5.99. The van der Waals surface area contributed by atoms with Gasteiger partial charge in [0.05, 0.1) is 23.8 Å². The van der Waals surface area contributed by atoms with E-state index in [1.54, 1.807) is 30.5 Å². The van der Waals surface area contributed by atoms with Gasteiger partial charge in [-0.1, -0.05) is 0 Å². The molecule has 0 saturated carbocycles. The van der Waals surface area contributed by atoms with Crippen LogP contribution in [-0.2, 0) is 0 Å². The summed E-state index contributed by atoms with van der Waals surface area (Å²) in [7, 11) is 3.63. The number of fused-ring (bicyclic) bond motifs is 2. The molecular formula is C14H13N7OS. The first kappa shape index (κ1) is 13.7. The minimum Gasteiger partial charge on any atom is -0.326 e. The Bertz CT molecular complexity index is 873. The van der Waals surface area contributed by atoms with Crippen molar-refractivity contribution in [1.82, 2.24) is 20.2 Å². The van der Waals surface area contributed by atoms with Gasteiger partial charge in [-0.25, -0.2) is 4.98 Å². The monoisotopic (exact) mass is 327 g/mol. The van der Waals surface area contributed by atoms with Gasteiger partial charge in [-0.15, -0.1) is 11.3 Å². The van der Waals surface area contributed by atoms with Gasteiger partial charge in [0.1, 0.15) is 10.6 Å². The predicted molar refractivity (Wildman–Crippen MR) is 89.0 cm³/mol. The summed E-state index contributed by atoms with van der Waals surface area (Å²) in [5.41, 5.74) is 2.28. The third-order valence-corrected chi connectivity index (χ3v) is 4.58. The molecule has 9 heteroatoms. The number of nitrogens with zero attached hydrogens (tertiary/aromatic N) is 5. The van der Waals surface area contributed by atoms with E-state index >= 15 is 0 Å². The van der Waals surface area contributed by atoms with Crippen LogP contribution in [0, 0.1) is 0 Å². The second-order valence-electron chi connectivity index (χ2n) is 5.07. The van der Waals surface area contributed by atoms with Crippen LogP contribution in [0.2, 0.25) is 0 Å². The maximum Gasteiger partial charge on any atom is 0.270 e. The normalized spacial score (nSPS) is 13.6. The van der Waals surface area contributed by atoms with Crippen LogP contribution < -0.4 is 15.1 Å². The van der Waals surface area contributed by atoms with Crippen LogP contribution >= 0.6 is 11.3 Å². The Kier molecular flexibility index (Phi) is 3.01. The number of nitrogens with one attached hydrogen (secondary N) is 2. The Morgan fingerprint density at radius 3 is 2.87 bits per heavy atom. The van der Waals surface area contributed by atoms with Crippen molar-refractivity contribution in [1.29, 1.82) is 0 Å². The van der Waals surface area contributed by atoms with Crippen molar-refractivity contribution in [2.45, 2.75) is 0 Å².